The van der Waals surface area contributed by atoms with Gasteiger partial charge < -0.3 is 10.6 Å². The fourth-order valence-corrected chi connectivity index (χ4v) is 2.10. The Labute approximate surface area is 132 Å². The summed E-state index contributed by atoms with van der Waals surface area (Å²) in [5, 5.41) is 11.4. The van der Waals surface area contributed by atoms with Gasteiger partial charge in [0.05, 0.1) is 0 Å². The molecule has 122 valence electrons. The molecular weight excluding hydrogens is 298 g/mol. The molecule has 4 N–H and O–H groups in total. The van der Waals surface area contributed by atoms with Crippen LogP contribution in [0.25, 0.3) is 11.4 Å². The summed E-state index contributed by atoms with van der Waals surface area (Å²) in [6.07, 6.45) is 0. The fraction of sp³-hybridized carbons (Fsp3) is 0.333. The predicted octanol–water partition coefficient (Wildman–Crippen LogP) is 0.265. The lowest BCUT2D eigenvalue weighted by Gasteiger charge is -2.20. The van der Waals surface area contributed by atoms with Crippen LogP contribution in [0.5, 0.6) is 0 Å². The van der Waals surface area contributed by atoms with Gasteiger partial charge in [0.25, 0.3) is 5.91 Å². The van der Waals surface area contributed by atoms with Gasteiger partial charge in [-0.1, -0.05) is 26.0 Å². The van der Waals surface area contributed by atoms with Crippen LogP contribution in [0.3, 0.4) is 0 Å². The number of aromatic amines is 2. The highest BCUT2D eigenvalue weighted by atomic mass is 16.2. The largest absolute Gasteiger partial charge is 0.357 e. The van der Waals surface area contributed by atoms with Crippen molar-refractivity contribution in [2.45, 2.75) is 19.9 Å². The quantitative estimate of drug-likeness (QED) is 0.632. The van der Waals surface area contributed by atoms with Gasteiger partial charge in [0.15, 0.2) is 5.82 Å². The molecule has 1 aromatic carbocycles. The maximum atomic E-state index is 12.3. The van der Waals surface area contributed by atoms with Crippen molar-refractivity contribution in [1.82, 2.24) is 25.8 Å². The van der Waals surface area contributed by atoms with Gasteiger partial charge in [0, 0.05) is 18.2 Å². The van der Waals surface area contributed by atoms with Crippen molar-refractivity contribution in [3.05, 3.63) is 40.3 Å². The first kappa shape index (κ1) is 16.5. The molecule has 1 atom stereocenters. The SMILES string of the molecule is CNC(=O)[C@H](NC(=O)c1ccc(-c2n[nH]c(=O)[nH]2)cc1)C(C)C. The first-order valence-corrected chi connectivity index (χ1v) is 7.20. The minimum Gasteiger partial charge on any atom is -0.357 e. The molecule has 0 aliphatic carbocycles. The van der Waals surface area contributed by atoms with Gasteiger partial charge >= 0.3 is 5.69 Å². The van der Waals surface area contributed by atoms with E-state index in [9.17, 15) is 14.4 Å². The molecule has 0 unspecified atom stereocenters. The van der Waals surface area contributed by atoms with E-state index in [2.05, 4.69) is 25.8 Å². The van der Waals surface area contributed by atoms with E-state index in [1.165, 1.54) is 7.05 Å². The van der Waals surface area contributed by atoms with E-state index in [1.54, 1.807) is 24.3 Å². The molecule has 0 aliphatic heterocycles. The Kier molecular flexibility index (Phi) is 4.95. The number of carbonyl (C=O) groups excluding carboxylic acids is 2. The smallest absolute Gasteiger partial charge is 0.340 e. The number of carbonyl (C=O) groups is 2. The third-order valence-electron chi connectivity index (χ3n) is 3.40. The molecule has 0 spiro atoms. The zero-order valence-corrected chi connectivity index (χ0v) is 13.1. The van der Waals surface area contributed by atoms with Crippen LogP contribution in [-0.4, -0.2) is 40.1 Å². The zero-order chi connectivity index (χ0) is 17.0. The van der Waals surface area contributed by atoms with E-state index in [0.29, 0.717) is 17.0 Å². The molecule has 2 amide bonds. The average molecular weight is 317 g/mol. The van der Waals surface area contributed by atoms with Crippen molar-refractivity contribution >= 4 is 11.8 Å². The second-order valence-corrected chi connectivity index (χ2v) is 5.41. The number of hydrogen-bond donors (Lipinski definition) is 4. The molecule has 0 saturated heterocycles. The summed E-state index contributed by atoms with van der Waals surface area (Å²) in [6, 6.07) is 5.96. The number of nitrogens with one attached hydrogen (secondary N) is 4. The van der Waals surface area contributed by atoms with Gasteiger partial charge in [-0.05, 0) is 18.1 Å². The van der Waals surface area contributed by atoms with Crippen molar-refractivity contribution in [2.75, 3.05) is 7.05 Å². The number of aromatic nitrogens is 3. The highest BCUT2D eigenvalue weighted by molar-refractivity contribution is 5.97. The van der Waals surface area contributed by atoms with Gasteiger partial charge in [0.2, 0.25) is 5.91 Å². The number of amides is 2. The lowest BCUT2D eigenvalue weighted by atomic mass is 10.0. The molecular formula is C15H19N5O3. The molecule has 0 saturated carbocycles. The van der Waals surface area contributed by atoms with E-state index in [-0.39, 0.29) is 17.7 Å². The maximum Gasteiger partial charge on any atom is 0.340 e. The Bertz CT molecular complexity index is 745. The highest BCUT2D eigenvalue weighted by Gasteiger charge is 2.23. The molecule has 0 aliphatic rings. The molecule has 1 aromatic heterocycles. The van der Waals surface area contributed by atoms with Crippen molar-refractivity contribution in [3.63, 3.8) is 0 Å². The highest BCUT2D eigenvalue weighted by Crippen LogP contribution is 2.14. The molecule has 0 fully saturated rings. The number of nitrogens with zero attached hydrogens (tertiary/aromatic N) is 1. The molecule has 2 rings (SSSR count). The van der Waals surface area contributed by atoms with Gasteiger partial charge in [0.1, 0.15) is 6.04 Å². The number of benzene rings is 1. The second-order valence-electron chi connectivity index (χ2n) is 5.41. The van der Waals surface area contributed by atoms with E-state index >= 15 is 0 Å². The lowest BCUT2D eigenvalue weighted by Crippen LogP contribution is -2.48. The van der Waals surface area contributed by atoms with Crippen LogP contribution >= 0.6 is 0 Å². The van der Waals surface area contributed by atoms with E-state index in [4.69, 9.17) is 0 Å². The van der Waals surface area contributed by atoms with E-state index in [1.807, 2.05) is 13.8 Å². The molecule has 1 heterocycles. The normalized spacial score (nSPS) is 12.0. The number of H-pyrrole nitrogens is 2. The summed E-state index contributed by atoms with van der Waals surface area (Å²) in [5.74, 6) is -0.215. The molecule has 8 nitrogen and oxygen atoms in total. The minimum absolute atomic E-state index is 0.0349. The summed E-state index contributed by atoms with van der Waals surface area (Å²) in [7, 11) is 1.53. The zero-order valence-electron chi connectivity index (χ0n) is 13.1. The van der Waals surface area contributed by atoms with Crippen molar-refractivity contribution in [2.24, 2.45) is 5.92 Å². The first-order chi connectivity index (χ1) is 10.9. The number of rotatable bonds is 5. The van der Waals surface area contributed by atoms with Crippen LogP contribution in [0, 0.1) is 5.92 Å². The molecule has 0 bridgehead atoms. The van der Waals surface area contributed by atoms with Crippen LogP contribution in [0.15, 0.2) is 29.1 Å². The molecule has 8 heteroatoms. The van der Waals surface area contributed by atoms with Crippen LogP contribution in [-0.2, 0) is 4.79 Å². The van der Waals surface area contributed by atoms with Crippen molar-refractivity contribution in [1.29, 1.82) is 0 Å². The topological polar surface area (TPSA) is 120 Å². The summed E-state index contributed by atoms with van der Waals surface area (Å²) in [5.41, 5.74) is 0.694. The third-order valence-corrected chi connectivity index (χ3v) is 3.40. The average Bonchev–Trinajstić information content (AvgIpc) is 2.98. The predicted molar refractivity (Wildman–Crippen MR) is 84.8 cm³/mol. The standard InChI is InChI=1S/C15H19N5O3/c1-8(2)11(14(22)16-3)17-13(21)10-6-4-9(5-7-10)12-18-15(23)20-19-12/h4-8,11H,1-3H3,(H,16,22)(H,17,21)(H2,18,19,20,23)/t11-/m1/s1. The minimum atomic E-state index is -0.602. The van der Waals surface area contributed by atoms with Crippen molar-refractivity contribution in [3.8, 4) is 11.4 Å². The summed E-state index contributed by atoms with van der Waals surface area (Å²) in [6.45, 7) is 3.72. The van der Waals surface area contributed by atoms with Gasteiger partial charge in [-0.25, -0.2) is 9.89 Å². The van der Waals surface area contributed by atoms with Crippen LogP contribution in [0.1, 0.15) is 24.2 Å². The van der Waals surface area contributed by atoms with Crippen LogP contribution in [0.2, 0.25) is 0 Å². The monoisotopic (exact) mass is 317 g/mol. The molecule has 2 aromatic rings. The Morgan fingerprint density at radius 1 is 1.17 bits per heavy atom. The van der Waals surface area contributed by atoms with Gasteiger partial charge in [-0.2, -0.15) is 5.10 Å². The Balaban J connectivity index is 2.13. The van der Waals surface area contributed by atoms with E-state index in [0.717, 1.165) is 0 Å². The second kappa shape index (κ2) is 6.91. The Hall–Kier alpha value is -2.90. The van der Waals surface area contributed by atoms with Crippen molar-refractivity contribution < 1.29 is 9.59 Å². The van der Waals surface area contributed by atoms with Gasteiger partial charge in [-0.3, -0.25) is 14.6 Å². The maximum absolute atomic E-state index is 12.3. The van der Waals surface area contributed by atoms with Crippen LogP contribution < -0.4 is 16.3 Å². The summed E-state index contributed by atoms with van der Waals surface area (Å²) >= 11 is 0. The molecule has 23 heavy (non-hydrogen) atoms. The summed E-state index contributed by atoms with van der Waals surface area (Å²) < 4.78 is 0. The number of likely N-dealkylation sites (N-methyl/N-ethyl adjacent to an activating group) is 1. The molecule has 0 radical (unpaired) electrons. The van der Waals surface area contributed by atoms with E-state index < -0.39 is 11.7 Å². The fourth-order valence-electron chi connectivity index (χ4n) is 2.10. The first-order valence-electron chi connectivity index (χ1n) is 7.20. The third kappa shape index (κ3) is 3.85. The summed E-state index contributed by atoms with van der Waals surface area (Å²) in [4.78, 5) is 37.6. The number of hydrogen-bond acceptors (Lipinski definition) is 4. The lowest BCUT2D eigenvalue weighted by molar-refractivity contribution is -0.123. The Morgan fingerprint density at radius 3 is 2.30 bits per heavy atom. The Morgan fingerprint density at radius 2 is 1.83 bits per heavy atom. The van der Waals surface area contributed by atoms with Gasteiger partial charge in [-0.15, -0.1) is 0 Å². The van der Waals surface area contributed by atoms with Crippen LogP contribution in [0.4, 0.5) is 0 Å².